The minimum Gasteiger partial charge on any atom is -0.388 e. The Hall–Kier alpha value is -1.30. The third kappa shape index (κ3) is 6.33. The molecule has 1 rings (SSSR count). The van der Waals surface area contributed by atoms with Gasteiger partial charge < -0.3 is 21.5 Å². The number of nitrogens with two attached hydrogens (primary N) is 1. The zero-order valence-electron chi connectivity index (χ0n) is 13.3. The predicted molar refractivity (Wildman–Crippen MR) is 81.6 cm³/mol. The predicted octanol–water partition coefficient (Wildman–Crippen LogP) is 1.13. The molecule has 1 aliphatic rings. The Bertz CT molecular complexity index is 363. The molecule has 1 saturated carbocycles. The van der Waals surface area contributed by atoms with E-state index in [0.717, 1.165) is 12.8 Å². The van der Waals surface area contributed by atoms with Gasteiger partial charge in [0, 0.05) is 6.54 Å². The second-order valence-electron chi connectivity index (χ2n) is 6.82. The fourth-order valence-electron chi connectivity index (χ4n) is 2.73. The lowest BCUT2D eigenvalue weighted by molar-refractivity contribution is -0.125. The summed E-state index contributed by atoms with van der Waals surface area (Å²) in [7, 11) is 0. The fourth-order valence-corrected chi connectivity index (χ4v) is 2.73. The number of hydrogen-bond acceptors (Lipinski definition) is 3. The van der Waals surface area contributed by atoms with E-state index in [1.54, 1.807) is 0 Å². The van der Waals surface area contributed by atoms with E-state index in [1.807, 2.05) is 13.8 Å². The van der Waals surface area contributed by atoms with Crippen LogP contribution in [0.3, 0.4) is 0 Å². The van der Waals surface area contributed by atoms with Gasteiger partial charge in [-0.3, -0.25) is 4.79 Å². The van der Waals surface area contributed by atoms with Crippen LogP contribution in [-0.2, 0) is 4.79 Å². The summed E-state index contributed by atoms with van der Waals surface area (Å²) < 4.78 is 0. The molecule has 122 valence electrons. The first kappa shape index (κ1) is 17.8. The number of carbonyl (C=O) groups excluding carboxylic acids is 2. The quantitative estimate of drug-likeness (QED) is 0.591. The number of urea groups is 1. The maximum absolute atomic E-state index is 12.2. The van der Waals surface area contributed by atoms with Crippen LogP contribution in [0.2, 0.25) is 0 Å². The van der Waals surface area contributed by atoms with Crippen LogP contribution in [0.25, 0.3) is 0 Å². The average molecular weight is 299 g/mol. The monoisotopic (exact) mass is 299 g/mol. The molecule has 0 aromatic heterocycles. The van der Waals surface area contributed by atoms with Crippen molar-refractivity contribution in [2.45, 2.75) is 64.5 Å². The highest BCUT2D eigenvalue weighted by Gasteiger charge is 2.33. The largest absolute Gasteiger partial charge is 0.388 e. The number of nitrogens with one attached hydrogen (secondary N) is 2. The molecular weight excluding hydrogens is 270 g/mol. The Balaban J connectivity index is 2.50. The van der Waals surface area contributed by atoms with Gasteiger partial charge in [0.1, 0.15) is 6.04 Å². The van der Waals surface area contributed by atoms with Crippen LogP contribution in [-0.4, -0.2) is 35.2 Å². The Morgan fingerprint density at radius 3 is 2.38 bits per heavy atom. The second kappa shape index (κ2) is 7.64. The van der Waals surface area contributed by atoms with Gasteiger partial charge in [0.05, 0.1) is 5.60 Å². The molecule has 0 radical (unpaired) electrons. The summed E-state index contributed by atoms with van der Waals surface area (Å²) in [4.78, 5) is 23.2. The Morgan fingerprint density at radius 2 is 1.90 bits per heavy atom. The Morgan fingerprint density at radius 1 is 1.33 bits per heavy atom. The summed E-state index contributed by atoms with van der Waals surface area (Å²) in [5.74, 6) is 0.604. The van der Waals surface area contributed by atoms with Crippen molar-refractivity contribution in [1.82, 2.24) is 10.6 Å². The van der Waals surface area contributed by atoms with Crippen molar-refractivity contribution in [2.75, 3.05) is 6.54 Å². The van der Waals surface area contributed by atoms with E-state index in [-0.39, 0.29) is 18.4 Å². The standard InChI is InChI=1S/C15H29N3O3/c1-10(2)8-12(18-14(16)20)13(19)17-9-15(21)6-4-11(3)5-7-15/h10-12,21H,4-9H2,1-3H3,(H,17,19)(H3,16,18,20). The topological polar surface area (TPSA) is 104 Å². The van der Waals surface area contributed by atoms with E-state index in [1.165, 1.54) is 0 Å². The molecule has 21 heavy (non-hydrogen) atoms. The van der Waals surface area contributed by atoms with E-state index in [2.05, 4.69) is 17.6 Å². The van der Waals surface area contributed by atoms with E-state index in [0.29, 0.717) is 25.2 Å². The maximum Gasteiger partial charge on any atom is 0.312 e. The molecule has 3 amide bonds. The van der Waals surface area contributed by atoms with Crippen molar-refractivity contribution in [3.8, 4) is 0 Å². The summed E-state index contributed by atoms with van der Waals surface area (Å²) in [6, 6.07) is -1.35. The van der Waals surface area contributed by atoms with Gasteiger partial charge in [-0.1, -0.05) is 20.8 Å². The molecule has 6 nitrogen and oxygen atoms in total. The summed E-state index contributed by atoms with van der Waals surface area (Å²) in [5, 5.41) is 15.7. The van der Waals surface area contributed by atoms with Crippen molar-refractivity contribution in [2.24, 2.45) is 17.6 Å². The molecular formula is C15H29N3O3. The van der Waals surface area contributed by atoms with Crippen LogP contribution in [0.1, 0.15) is 52.9 Å². The zero-order valence-corrected chi connectivity index (χ0v) is 13.3. The van der Waals surface area contributed by atoms with Gasteiger partial charge in [0.15, 0.2) is 0 Å². The molecule has 1 aliphatic carbocycles. The fraction of sp³-hybridized carbons (Fsp3) is 0.867. The van der Waals surface area contributed by atoms with E-state index < -0.39 is 17.7 Å². The van der Waals surface area contributed by atoms with E-state index in [4.69, 9.17) is 5.73 Å². The van der Waals surface area contributed by atoms with Crippen molar-refractivity contribution in [1.29, 1.82) is 0 Å². The highest BCUT2D eigenvalue weighted by molar-refractivity contribution is 5.86. The molecule has 0 bridgehead atoms. The summed E-state index contributed by atoms with van der Waals surface area (Å²) in [6.07, 6.45) is 3.87. The summed E-state index contributed by atoms with van der Waals surface area (Å²) in [5.41, 5.74) is 4.29. The normalized spacial score (nSPS) is 27.2. The van der Waals surface area contributed by atoms with Crippen molar-refractivity contribution < 1.29 is 14.7 Å². The van der Waals surface area contributed by atoms with Crippen LogP contribution in [0.5, 0.6) is 0 Å². The number of hydrogen-bond donors (Lipinski definition) is 4. The van der Waals surface area contributed by atoms with E-state index >= 15 is 0 Å². The highest BCUT2D eigenvalue weighted by Crippen LogP contribution is 2.31. The SMILES string of the molecule is CC(C)CC(NC(N)=O)C(=O)NCC1(O)CCC(C)CC1. The maximum atomic E-state index is 12.2. The first-order chi connectivity index (χ1) is 9.72. The molecule has 0 heterocycles. The first-order valence-electron chi connectivity index (χ1n) is 7.78. The minimum atomic E-state index is -0.822. The minimum absolute atomic E-state index is 0.230. The lowest BCUT2D eigenvalue weighted by atomic mass is 9.79. The first-order valence-corrected chi connectivity index (χ1v) is 7.78. The molecule has 0 aliphatic heterocycles. The lowest BCUT2D eigenvalue weighted by Crippen LogP contribution is -2.53. The van der Waals surface area contributed by atoms with Gasteiger partial charge in [-0.05, 0) is 43.9 Å². The third-order valence-corrected chi connectivity index (χ3v) is 4.14. The highest BCUT2D eigenvalue weighted by atomic mass is 16.3. The number of aliphatic hydroxyl groups is 1. The molecule has 1 atom stereocenters. The number of amides is 3. The van der Waals surface area contributed by atoms with Crippen molar-refractivity contribution in [3.63, 3.8) is 0 Å². The molecule has 1 fully saturated rings. The van der Waals surface area contributed by atoms with Crippen LogP contribution in [0.15, 0.2) is 0 Å². The van der Waals surface area contributed by atoms with Crippen molar-refractivity contribution in [3.05, 3.63) is 0 Å². The number of primary amides is 1. The van der Waals surface area contributed by atoms with Gasteiger partial charge in [-0.15, -0.1) is 0 Å². The lowest BCUT2D eigenvalue weighted by Gasteiger charge is -2.35. The number of carbonyl (C=O) groups is 2. The van der Waals surface area contributed by atoms with Gasteiger partial charge in [0.2, 0.25) is 5.91 Å². The smallest absolute Gasteiger partial charge is 0.312 e. The molecule has 6 heteroatoms. The Kier molecular flexibility index (Phi) is 6.45. The summed E-state index contributed by atoms with van der Waals surface area (Å²) >= 11 is 0. The summed E-state index contributed by atoms with van der Waals surface area (Å²) in [6.45, 7) is 6.35. The third-order valence-electron chi connectivity index (χ3n) is 4.14. The van der Waals surface area contributed by atoms with Gasteiger partial charge in [-0.2, -0.15) is 0 Å². The molecule has 5 N–H and O–H groups in total. The molecule has 0 aromatic carbocycles. The molecule has 0 aromatic rings. The van der Waals surface area contributed by atoms with Crippen LogP contribution >= 0.6 is 0 Å². The van der Waals surface area contributed by atoms with Crippen molar-refractivity contribution >= 4 is 11.9 Å². The van der Waals surface area contributed by atoms with Gasteiger partial charge in [0.25, 0.3) is 0 Å². The zero-order chi connectivity index (χ0) is 16.0. The second-order valence-corrected chi connectivity index (χ2v) is 6.82. The Labute approximate surface area is 126 Å². The van der Waals surface area contributed by atoms with E-state index in [9.17, 15) is 14.7 Å². The molecule has 1 unspecified atom stereocenters. The van der Waals surface area contributed by atoms with Crippen LogP contribution in [0.4, 0.5) is 4.79 Å². The molecule has 0 saturated heterocycles. The van der Waals surface area contributed by atoms with Gasteiger partial charge in [-0.25, -0.2) is 4.79 Å². The van der Waals surface area contributed by atoms with Crippen LogP contribution in [0, 0.1) is 11.8 Å². The average Bonchev–Trinajstić information content (AvgIpc) is 2.38. The van der Waals surface area contributed by atoms with Gasteiger partial charge >= 0.3 is 6.03 Å². The van der Waals surface area contributed by atoms with Crippen LogP contribution < -0.4 is 16.4 Å². The molecule has 0 spiro atoms. The number of rotatable bonds is 6.